The van der Waals surface area contributed by atoms with Crippen molar-refractivity contribution in [3.05, 3.63) is 33.4 Å². The van der Waals surface area contributed by atoms with Crippen LogP contribution in [-0.2, 0) is 23.2 Å². The lowest BCUT2D eigenvalue weighted by Gasteiger charge is -2.33. The predicted octanol–water partition coefficient (Wildman–Crippen LogP) is 4.69. The molecule has 1 unspecified atom stereocenters. The SMILES string of the molecule is CCc1cc(Br)cc2c3c([nH]c12)C(C)(CC)OCC3. The number of benzene rings is 1. The van der Waals surface area contributed by atoms with Gasteiger partial charge in [0.25, 0.3) is 0 Å². The number of hydrogen-bond acceptors (Lipinski definition) is 1. The number of ether oxygens (including phenoxy) is 1. The Kier molecular flexibility index (Phi) is 3.22. The summed E-state index contributed by atoms with van der Waals surface area (Å²) >= 11 is 3.64. The molecule has 3 heteroatoms. The van der Waals surface area contributed by atoms with Crippen LogP contribution in [0.1, 0.15) is 44.0 Å². The molecule has 1 aromatic carbocycles. The molecule has 1 aromatic heterocycles. The minimum absolute atomic E-state index is 0.163. The highest BCUT2D eigenvalue weighted by Crippen LogP contribution is 2.40. The first kappa shape index (κ1) is 13.2. The third-order valence-electron chi connectivity index (χ3n) is 4.42. The van der Waals surface area contributed by atoms with Crippen LogP contribution in [0.5, 0.6) is 0 Å². The average Bonchev–Trinajstić information content (AvgIpc) is 2.78. The monoisotopic (exact) mass is 321 g/mol. The summed E-state index contributed by atoms with van der Waals surface area (Å²) in [6, 6.07) is 4.46. The molecule has 0 fully saturated rings. The van der Waals surface area contributed by atoms with Crippen LogP contribution >= 0.6 is 15.9 Å². The fraction of sp³-hybridized carbons (Fsp3) is 0.500. The van der Waals surface area contributed by atoms with Gasteiger partial charge in [0.05, 0.1) is 12.3 Å². The lowest BCUT2D eigenvalue weighted by atomic mass is 9.91. The molecule has 2 aromatic rings. The highest BCUT2D eigenvalue weighted by molar-refractivity contribution is 9.10. The molecule has 102 valence electrons. The van der Waals surface area contributed by atoms with E-state index >= 15 is 0 Å². The van der Waals surface area contributed by atoms with Crippen LogP contribution in [0, 0.1) is 0 Å². The van der Waals surface area contributed by atoms with Gasteiger partial charge in [0.1, 0.15) is 5.60 Å². The standard InChI is InChI=1S/C16H20BrNO/c1-4-10-8-11(17)9-13-12-6-7-19-16(3,5-2)15(12)18-14(10)13/h8-9,18H,4-7H2,1-3H3. The van der Waals surface area contributed by atoms with Crippen molar-refractivity contribution in [2.24, 2.45) is 0 Å². The zero-order valence-electron chi connectivity index (χ0n) is 11.8. The van der Waals surface area contributed by atoms with Gasteiger partial charge in [-0.1, -0.05) is 29.8 Å². The summed E-state index contributed by atoms with van der Waals surface area (Å²) in [5, 5.41) is 1.37. The third-order valence-corrected chi connectivity index (χ3v) is 4.88. The van der Waals surface area contributed by atoms with Gasteiger partial charge < -0.3 is 9.72 Å². The molecule has 0 saturated heterocycles. The second kappa shape index (κ2) is 4.64. The van der Waals surface area contributed by atoms with Crippen molar-refractivity contribution in [1.82, 2.24) is 4.98 Å². The van der Waals surface area contributed by atoms with Crippen molar-refractivity contribution < 1.29 is 4.74 Å². The average molecular weight is 322 g/mol. The van der Waals surface area contributed by atoms with E-state index in [-0.39, 0.29) is 5.60 Å². The molecule has 2 nitrogen and oxygen atoms in total. The maximum absolute atomic E-state index is 6.03. The summed E-state index contributed by atoms with van der Waals surface area (Å²) in [5.41, 5.74) is 5.23. The first-order chi connectivity index (χ1) is 9.09. The molecule has 0 spiro atoms. The minimum atomic E-state index is -0.163. The number of aryl methyl sites for hydroxylation is 1. The van der Waals surface area contributed by atoms with Crippen molar-refractivity contribution >= 4 is 26.8 Å². The molecule has 1 N–H and O–H groups in total. The van der Waals surface area contributed by atoms with Gasteiger partial charge in [0, 0.05) is 15.4 Å². The Morgan fingerprint density at radius 2 is 2.16 bits per heavy atom. The summed E-state index contributed by atoms with van der Waals surface area (Å²) in [7, 11) is 0. The third kappa shape index (κ3) is 1.95. The lowest BCUT2D eigenvalue weighted by Crippen LogP contribution is -2.31. The number of H-pyrrole nitrogens is 1. The first-order valence-corrected chi connectivity index (χ1v) is 7.85. The van der Waals surface area contributed by atoms with Crippen molar-refractivity contribution in [1.29, 1.82) is 0 Å². The molecular formula is C16H20BrNO. The van der Waals surface area contributed by atoms with Crippen LogP contribution in [0.3, 0.4) is 0 Å². The first-order valence-electron chi connectivity index (χ1n) is 7.06. The molecule has 2 heterocycles. The van der Waals surface area contributed by atoms with E-state index in [4.69, 9.17) is 4.74 Å². The Morgan fingerprint density at radius 1 is 1.37 bits per heavy atom. The molecular weight excluding hydrogens is 302 g/mol. The zero-order chi connectivity index (χ0) is 13.6. The van der Waals surface area contributed by atoms with E-state index in [1.165, 1.54) is 32.2 Å². The van der Waals surface area contributed by atoms with Gasteiger partial charge in [0.15, 0.2) is 0 Å². The van der Waals surface area contributed by atoms with Gasteiger partial charge in [-0.25, -0.2) is 0 Å². The number of fused-ring (bicyclic) bond motifs is 3. The van der Waals surface area contributed by atoms with Crippen LogP contribution in [-0.4, -0.2) is 11.6 Å². The Hall–Kier alpha value is -0.800. The summed E-state index contributed by atoms with van der Waals surface area (Å²) < 4.78 is 7.20. The van der Waals surface area contributed by atoms with Crippen LogP contribution in [0.4, 0.5) is 0 Å². The number of rotatable bonds is 2. The Balaban J connectivity index is 2.33. The minimum Gasteiger partial charge on any atom is -0.369 e. The van der Waals surface area contributed by atoms with Crippen molar-refractivity contribution in [3.63, 3.8) is 0 Å². The Bertz CT molecular complexity index is 631. The van der Waals surface area contributed by atoms with Gasteiger partial charge >= 0.3 is 0 Å². The van der Waals surface area contributed by atoms with Crippen molar-refractivity contribution in [2.75, 3.05) is 6.61 Å². The predicted molar refractivity (Wildman–Crippen MR) is 82.7 cm³/mol. The van der Waals surface area contributed by atoms with Crippen LogP contribution in [0.2, 0.25) is 0 Å². The molecule has 0 aliphatic carbocycles. The smallest absolute Gasteiger partial charge is 0.105 e. The molecule has 19 heavy (non-hydrogen) atoms. The molecule has 0 saturated carbocycles. The van der Waals surface area contributed by atoms with Gasteiger partial charge in [-0.05, 0) is 49.4 Å². The van der Waals surface area contributed by atoms with E-state index in [0.717, 1.165) is 25.9 Å². The normalized spacial score (nSPS) is 22.7. The molecule has 0 amide bonds. The second-order valence-electron chi connectivity index (χ2n) is 5.50. The molecule has 0 bridgehead atoms. The van der Waals surface area contributed by atoms with E-state index in [1.807, 2.05) is 0 Å². The van der Waals surface area contributed by atoms with E-state index in [0.29, 0.717) is 0 Å². The lowest BCUT2D eigenvalue weighted by molar-refractivity contribution is -0.0513. The van der Waals surface area contributed by atoms with Crippen LogP contribution in [0.25, 0.3) is 10.9 Å². The van der Waals surface area contributed by atoms with Gasteiger partial charge in [-0.15, -0.1) is 0 Å². The summed E-state index contributed by atoms with van der Waals surface area (Å²) in [4.78, 5) is 3.66. The molecule has 1 aliphatic heterocycles. The van der Waals surface area contributed by atoms with E-state index in [1.54, 1.807) is 0 Å². The summed E-state index contributed by atoms with van der Waals surface area (Å²) in [5.74, 6) is 0. The summed E-state index contributed by atoms with van der Waals surface area (Å²) in [6.45, 7) is 7.41. The van der Waals surface area contributed by atoms with Gasteiger partial charge in [0.2, 0.25) is 0 Å². The van der Waals surface area contributed by atoms with Gasteiger partial charge in [-0.3, -0.25) is 0 Å². The highest BCUT2D eigenvalue weighted by atomic mass is 79.9. The van der Waals surface area contributed by atoms with Crippen molar-refractivity contribution in [3.8, 4) is 0 Å². The molecule has 1 aliphatic rings. The van der Waals surface area contributed by atoms with Crippen LogP contribution < -0.4 is 0 Å². The number of halogens is 1. The fourth-order valence-electron chi connectivity index (χ4n) is 3.10. The molecule has 1 atom stereocenters. The van der Waals surface area contributed by atoms with E-state index < -0.39 is 0 Å². The highest BCUT2D eigenvalue weighted by Gasteiger charge is 2.34. The second-order valence-corrected chi connectivity index (χ2v) is 6.42. The molecule has 0 radical (unpaired) electrons. The number of nitrogens with one attached hydrogen (secondary N) is 1. The summed E-state index contributed by atoms with van der Waals surface area (Å²) in [6.07, 6.45) is 3.04. The van der Waals surface area contributed by atoms with E-state index in [9.17, 15) is 0 Å². The Labute approximate surface area is 122 Å². The van der Waals surface area contributed by atoms with Crippen molar-refractivity contribution in [2.45, 2.75) is 45.6 Å². The molecule has 3 rings (SSSR count). The maximum Gasteiger partial charge on any atom is 0.105 e. The van der Waals surface area contributed by atoms with Crippen LogP contribution in [0.15, 0.2) is 16.6 Å². The largest absolute Gasteiger partial charge is 0.369 e. The topological polar surface area (TPSA) is 25.0 Å². The number of hydrogen-bond donors (Lipinski definition) is 1. The quantitative estimate of drug-likeness (QED) is 0.852. The number of aromatic amines is 1. The van der Waals surface area contributed by atoms with E-state index in [2.05, 4.69) is 53.8 Å². The zero-order valence-corrected chi connectivity index (χ0v) is 13.4. The Morgan fingerprint density at radius 3 is 2.84 bits per heavy atom. The fourth-order valence-corrected chi connectivity index (χ4v) is 3.61. The maximum atomic E-state index is 6.03. The number of aromatic nitrogens is 1. The van der Waals surface area contributed by atoms with Gasteiger partial charge in [-0.2, -0.15) is 0 Å².